The van der Waals surface area contributed by atoms with Crippen molar-refractivity contribution in [2.24, 2.45) is 0 Å². The molecule has 2 saturated carbocycles. The van der Waals surface area contributed by atoms with E-state index in [1.807, 2.05) is 11.3 Å². The Hall–Kier alpha value is -0.410. The van der Waals surface area contributed by atoms with E-state index in [9.17, 15) is 0 Å². The Kier molecular flexibility index (Phi) is 4.00. The van der Waals surface area contributed by atoms with E-state index in [1.54, 1.807) is 0 Å². The molecular formula is C15H24N2S. The lowest BCUT2D eigenvalue weighted by atomic mass is 9.90. The van der Waals surface area contributed by atoms with E-state index in [1.165, 1.54) is 60.5 Å². The summed E-state index contributed by atoms with van der Waals surface area (Å²) in [4.78, 5) is 6.43. The molecule has 0 spiro atoms. The quantitative estimate of drug-likeness (QED) is 0.869. The van der Waals surface area contributed by atoms with Gasteiger partial charge < -0.3 is 5.32 Å². The van der Waals surface area contributed by atoms with Gasteiger partial charge in [0.15, 0.2) is 0 Å². The monoisotopic (exact) mass is 264 g/mol. The largest absolute Gasteiger partial charge is 0.309 e. The van der Waals surface area contributed by atoms with Gasteiger partial charge in [-0.1, -0.05) is 26.2 Å². The van der Waals surface area contributed by atoms with Gasteiger partial charge in [0.2, 0.25) is 0 Å². The average Bonchev–Trinajstić information content (AvgIpc) is 3.16. The molecule has 0 unspecified atom stereocenters. The Bertz CT molecular complexity index is 389. The third-order valence-corrected chi connectivity index (χ3v) is 5.47. The van der Waals surface area contributed by atoms with Crippen molar-refractivity contribution >= 4 is 11.3 Å². The average molecular weight is 264 g/mol. The van der Waals surface area contributed by atoms with E-state index >= 15 is 0 Å². The number of hydrogen-bond acceptors (Lipinski definition) is 3. The van der Waals surface area contributed by atoms with Crippen molar-refractivity contribution < 1.29 is 0 Å². The maximum atomic E-state index is 4.93. The van der Waals surface area contributed by atoms with Crippen LogP contribution in [0.4, 0.5) is 0 Å². The predicted octanol–water partition coefficient (Wildman–Crippen LogP) is 4.01. The second-order valence-electron chi connectivity index (χ2n) is 5.77. The number of nitrogens with zero attached hydrogens (tertiary/aromatic N) is 1. The van der Waals surface area contributed by atoms with E-state index in [2.05, 4.69) is 12.2 Å². The molecule has 1 aromatic heterocycles. The zero-order chi connectivity index (χ0) is 12.4. The fourth-order valence-corrected chi connectivity index (χ4v) is 4.14. The van der Waals surface area contributed by atoms with Crippen molar-refractivity contribution in [1.82, 2.24) is 10.3 Å². The molecule has 0 aliphatic heterocycles. The smallest absolute Gasteiger partial charge is 0.0962 e. The van der Waals surface area contributed by atoms with E-state index < -0.39 is 0 Å². The minimum atomic E-state index is 0.767. The zero-order valence-corrected chi connectivity index (χ0v) is 12.2. The van der Waals surface area contributed by atoms with Gasteiger partial charge >= 0.3 is 0 Å². The van der Waals surface area contributed by atoms with Crippen LogP contribution in [-0.2, 0) is 13.0 Å². The van der Waals surface area contributed by atoms with Gasteiger partial charge in [-0.15, -0.1) is 11.3 Å². The second-order valence-corrected chi connectivity index (χ2v) is 6.88. The molecule has 0 atom stereocenters. The summed E-state index contributed by atoms with van der Waals surface area (Å²) in [6, 6.07) is 0.801. The summed E-state index contributed by atoms with van der Waals surface area (Å²) < 4.78 is 0. The molecule has 0 amide bonds. The summed E-state index contributed by atoms with van der Waals surface area (Å²) in [6.07, 6.45) is 10.8. The van der Waals surface area contributed by atoms with E-state index in [4.69, 9.17) is 4.98 Å². The van der Waals surface area contributed by atoms with Crippen LogP contribution in [0.3, 0.4) is 0 Å². The lowest BCUT2D eigenvalue weighted by Crippen LogP contribution is -2.15. The molecule has 0 radical (unpaired) electrons. The fraction of sp³-hybridized carbons (Fsp3) is 0.800. The molecule has 3 rings (SSSR count). The molecule has 2 aliphatic carbocycles. The van der Waals surface area contributed by atoms with Crippen molar-refractivity contribution in [3.8, 4) is 0 Å². The van der Waals surface area contributed by atoms with Crippen LogP contribution in [0.25, 0.3) is 0 Å². The van der Waals surface area contributed by atoms with E-state index in [0.717, 1.165) is 24.9 Å². The SMILES string of the molecule is CCc1nc(C2CCCCC2)sc1CNC1CC1. The summed E-state index contributed by atoms with van der Waals surface area (Å²) in [6.45, 7) is 3.29. The number of nitrogens with one attached hydrogen (secondary N) is 1. The molecule has 0 saturated heterocycles. The summed E-state index contributed by atoms with van der Waals surface area (Å²) in [5, 5.41) is 5.06. The normalized spacial score (nSPS) is 21.4. The Balaban J connectivity index is 1.69. The van der Waals surface area contributed by atoms with Crippen molar-refractivity contribution in [3.05, 3.63) is 15.6 Å². The van der Waals surface area contributed by atoms with E-state index in [0.29, 0.717) is 0 Å². The van der Waals surface area contributed by atoms with Crippen molar-refractivity contribution in [1.29, 1.82) is 0 Å². The first kappa shape index (κ1) is 12.6. The molecule has 0 bridgehead atoms. The van der Waals surface area contributed by atoms with Crippen molar-refractivity contribution in [3.63, 3.8) is 0 Å². The van der Waals surface area contributed by atoms with Crippen LogP contribution in [0.1, 0.15) is 73.4 Å². The van der Waals surface area contributed by atoms with E-state index in [-0.39, 0.29) is 0 Å². The van der Waals surface area contributed by atoms with Gasteiger partial charge in [0.05, 0.1) is 10.7 Å². The number of aryl methyl sites for hydroxylation is 1. The maximum Gasteiger partial charge on any atom is 0.0962 e. The molecule has 1 heterocycles. The summed E-state index contributed by atoms with van der Waals surface area (Å²) in [5.41, 5.74) is 1.36. The molecule has 1 aromatic rings. The van der Waals surface area contributed by atoms with Gasteiger partial charge in [-0.3, -0.25) is 0 Å². The fourth-order valence-electron chi connectivity index (χ4n) is 2.87. The van der Waals surface area contributed by atoms with Crippen LogP contribution in [0, 0.1) is 0 Å². The Labute approximate surface area is 114 Å². The van der Waals surface area contributed by atoms with Gasteiger partial charge in [0.25, 0.3) is 0 Å². The van der Waals surface area contributed by atoms with Gasteiger partial charge in [0, 0.05) is 23.4 Å². The molecule has 100 valence electrons. The molecule has 2 nitrogen and oxygen atoms in total. The van der Waals surface area contributed by atoms with Crippen LogP contribution in [0.2, 0.25) is 0 Å². The molecule has 2 fully saturated rings. The summed E-state index contributed by atoms with van der Waals surface area (Å²) in [7, 11) is 0. The molecule has 18 heavy (non-hydrogen) atoms. The molecule has 2 aliphatic rings. The Morgan fingerprint density at radius 2 is 1.94 bits per heavy atom. The maximum absolute atomic E-state index is 4.93. The summed E-state index contributed by atoms with van der Waals surface area (Å²) >= 11 is 1.99. The standard InChI is InChI=1S/C15H24N2S/c1-2-13-14(10-16-12-8-9-12)18-15(17-13)11-6-4-3-5-7-11/h11-12,16H,2-10H2,1H3. The minimum absolute atomic E-state index is 0.767. The third-order valence-electron chi connectivity index (χ3n) is 4.21. The van der Waals surface area contributed by atoms with Crippen LogP contribution in [-0.4, -0.2) is 11.0 Å². The Morgan fingerprint density at radius 1 is 1.17 bits per heavy atom. The highest BCUT2D eigenvalue weighted by Gasteiger charge is 2.23. The third kappa shape index (κ3) is 2.94. The number of thiazole rings is 1. The highest BCUT2D eigenvalue weighted by atomic mass is 32.1. The highest BCUT2D eigenvalue weighted by Crippen LogP contribution is 2.36. The van der Waals surface area contributed by atoms with Gasteiger partial charge in [-0.2, -0.15) is 0 Å². The molecule has 1 N–H and O–H groups in total. The van der Waals surface area contributed by atoms with Gasteiger partial charge in [-0.05, 0) is 32.1 Å². The van der Waals surface area contributed by atoms with Crippen LogP contribution in [0.15, 0.2) is 0 Å². The first-order valence-corrected chi connectivity index (χ1v) is 8.40. The van der Waals surface area contributed by atoms with Crippen molar-refractivity contribution in [2.45, 2.75) is 76.8 Å². The first-order chi connectivity index (χ1) is 8.86. The Morgan fingerprint density at radius 3 is 2.61 bits per heavy atom. The number of hydrogen-bond donors (Lipinski definition) is 1. The topological polar surface area (TPSA) is 24.9 Å². The highest BCUT2D eigenvalue weighted by molar-refractivity contribution is 7.11. The molecular weight excluding hydrogens is 240 g/mol. The molecule has 0 aromatic carbocycles. The number of aromatic nitrogens is 1. The van der Waals surface area contributed by atoms with Crippen LogP contribution in [0.5, 0.6) is 0 Å². The lowest BCUT2D eigenvalue weighted by Gasteiger charge is -2.18. The second kappa shape index (κ2) is 5.70. The minimum Gasteiger partial charge on any atom is -0.309 e. The van der Waals surface area contributed by atoms with Crippen molar-refractivity contribution in [2.75, 3.05) is 0 Å². The summed E-state index contributed by atoms with van der Waals surface area (Å²) in [5.74, 6) is 0.767. The van der Waals surface area contributed by atoms with Gasteiger partial charge in [-0.25, -0.2) is 4.98 Å². The van der Waals surface area contributed by atoms with Gasteiger partial charge in [0.1, 0.15) is 0 Å². The predicted molar refractivity (Wildman–Crippen MR) is 77.2 cm³/mol. The number of rotatable bonds is 5. The zero-order valence-electron chi connectivity index (χ0n) is 11.4. The lowest BCUT2D eigenvalue weighted by molar-refractivity contribution is 0.442. The first-order valence-electron chi connectivity index (χ1n) is 7.58. The van der Waals surface area contributed by atoms with Crippen LogP contribution < -0.4 is 5.32 Å². The molecule has 3 heteroatoms. The van der Waals surface area contributed by atoms with Crippen LogP contribution >= 0.6 is 11.3 Å².